The van der Waals surface area contributed by atoms with Crippen LogP contribution in [0, 0.1) is 0 Å². The highest BCUT2D eigenvalue weighted by Gasteiger charge is 2.20. The minimum Gasteiger partial charge on any atom is -0.324 e. The summed E-state index contributed by atoms with van der Waals surface area (Å²) in [6.45, 7) is 0. The molecule has 0 radical (unpaired) electrons. The summed E-state index contributed by atoms with van der Waals surface area (Å²) in [6.07, 6.45) is 6.39. The molecule has 18 heavy (non-hydrogen) atoms. The number of nitrogens with zero attached hydrogens (tertiary/aromatic N) is 2. The van der Waals surface area contributed by atoms with Gasteiger partial charge in [0.25, 0.3) is 0 Å². The molecule has 0 spiro atoms. The van der Waals surface area contributed by atoms with Gasteiger partial charge < -0.3 is 4.57 Å². The van der Waals surface area contributed by atoms with Crippen LogP contribution in [0.2, 0.25) is 5.02 Å². The Hall–Kier alpha value is -0.730. The quantitative estimate of drug-likeness (QED) is 0.714. The summed E-state index contributed by atoms with van der Waals surface area (Å²) < 4.78 is 2.31. The van der Waals surface area contributed by atoms with Gasteiger partial charge in [0.2, 0.25) is 0 Å². The Labute approximate surface area is 117 Å². The molecule has 1 saturated carbocycles. The largest absolute Gasteiger partial charge is 0.324 e. The predicted molar refractivity (Wildman–Crippen MR) is 76.4 cm³/mol. The minimum atomic E-state index is 0.461. The highest BCUT2D eigenvalue weighted by molar-refractivity contribution is 6.31. The monoisotopic (exact) mass is 282 g/mol. The Morgan fingerprint density at radius 1 is 1.22 bits per heavy atom. The molecule has 96 valence electrons. The predicted octanol–water partition coefficient (Wildman–Crippen LogP) is 4.93. The molecule has 2 nitrogen and oxygen atoms in total. The van der Waals surface area contributed by atoms with Gasteiger partial charge >= 0.3 is 0 Å². The molecule has 3 rings (SSSR count). The van der Waals surface area contributed by atoms with Gasteiger partial charge in [-0.05, 0) is 31.0 Å². The van der Waals surface area contributed by atoms with E-state index in [1.54, 1.807) is 0 Å². The molecule has 0 aliphatic heterocycles. The molecule has 1 aliphatic carbocycles. The van der Waals surface area contributed by atoms with Gasteiger partial charge in [0, 0.05) is 11.1 Å². The smallest absolute Gasteiger partial charge is 0.125 e. The standard InChI is InChI=1S/C14H16Cl2N2/c15-9-14-17-12-7-6-10(16)8-13(12)18(14)11-4-2-1-3-5-11/h6-8,11H,1-5,9H2. The van der Waals surface area contributed by atoms with Crippen LogP contribution in [0.5, 0.6) is 0 Å². The third-order valence-corrected chi connectivity index (χ3v) is 4.26. The fourth-order valence-electron chi connectivity index (χ4n) is 2.96. The molecule has 1 fully saturated rings. The molecule has 4 heteroatoms. The first-order valence-electron chi connectivity index (χ1n) is 6.52. The molecule has 1 heterocycles. The Morgan fingerprint density at radius 3 is 2.72 bits per heavy atom. The fraction of sp³-hybridized carbons (Fsp3) is 0.500. The topological polar surface area (TPSA) is 17.8 Å². The van der Waals surface area contributed by atoms with Gasteiger partial charge in [-0.3, -0.25) is 0 Å². The molecule has 0 saturated heterocycles. The zero-order valence-electron chi connectivity index (χ0n) is 10.2. The average Bonchev–Trinajstić information content (AvgIpc) is 2.77. The Kier molecular flexibility index (Phi) is 3.49. The van der Waals surface area contributed by atoms with E-state index in [0.717, 1.165) is 21.9 Å². The van der Waals surface area contributed by atoms with Crippen molar-refractivity contribution in [2.45, 2.75) is 44.0 Å². The van der Waals surface area contributed by atoms with Crippen molar-refractivity contribution in [3.05, 3.63) is 29.0 Å². The van der Waals surface area contributed by atoms with Crippen LogP contribution in [0.15, 0.2) is 18.2 Å². The van der Waals surface area contributed by atoms with Crippen LogP contribution in [0.4, 0.5) is 0 Å². The lowest BCUT2D eigenvalue weighted by Crippen LogP contribution is -2.14. The summed E-state index contributed by atoms with van der Waals surface area (Å²) in [6, 6.07) is 6.41. The van der Waals surface area contributed by atoms with Crippen molar-refractivity contribution in [3.63, 3.8) is 0 Å². The van der Waals surface area contributed by atoms with Crippen LogP contribution in [0.3, 0.4) is 0 Å². The van der Waals surface area contributed by atoms with Gasteiger partial charge in [0.05, 0.1) is 16.9 Å². The normalized spacial score (nSPS) is 17.4. The van der Waals surface area contributed by atoms with Crippen LogP contribution in [-0.2, 0) is 5.88 Å². The Bertz CT molecular complexity index is 556. The van der Waals surface area contributed by atoms with Crippen molar-refractivity contribution in [1.82, 2.24) is 9.55 Å². The average molecular weight is 283 g/mol. The summed E-state index contributed by atoms with van der Waals surface area (Å²) >= 11 is 12.2. The zero-order valence-corrected chi connectivity index (χ0v) is 11.7. The first-order valence-corrected chi connectivity index (χ1v) is 7.43. The summed E-state index contributed by atoms with van der Waals surface area (Å²) in [5, 5.41) is 0.764. The van der Waals surface area contributed by atoms with Crippen LogP contribution >= 0.6 is 23.2 Å². The van der Waals surface area contributed by atoms with Crippen molar-refractivity contribution in [3.8, 4) is 0 Å². The third-order valence-electron chi connectivity index (χ3n) is 3.78. The van der Waals surface area contributed by atoms with Gasteiger partial charge in [0.15, 0.2) is 0 Å². The molecule has 0 bridgehead atoms. The fourth-order valence-corrected chi connectivity index (χ4v) is 3.31. The van der Waals surface area contributed by atoms with E-state index in [2.05, 4.69) is 9.55 Å². The lowest BCUT2D eigenvalue weighted by molar-refractivity contribution is 0.354. The number of hydrogen-bond acceptors (Lipinski definition) is 1. The number of alkyl halides is 1. The lowest BCUT2D eigenvalue weighted by Gasteiger charge is -2.25. The maximum Gasteiger partial charge on any atom is 0.125 e. The van der Waals surface area contributed by atoms with Gasteiger partial charge in [-0.15, -0.1) is 11.6 Å². The number of imidazole rings is 1. The van der Waals surface area contributed by atoms with Crippen LogP contribution in [-0.4, -0.2) is 9.55 Å². The number of fused-ring (bicyclic) bond motifs is 1. The van der Waals surface area contributed by atoms with E-state index in [1.807, 2.05) is 18.2 Å². The van der Waals surface area contributed by atoms with E-state index in [9.17, 15) is 0 Å². The molecule has 0 unspecified atom stereocenters. The molecular formula is C14H16Cl2N2. The third kappa shape index (κ3) is 2.12. The van der Waals surface area contributed by atoms with Crippen LogP contribution in [0.25, 0.3) is 11.0 Å². The van der Waals surface area contributed by atoms with E-state index in [1.165, 1.54) is 32.1 Å². The first kappa shape index (κ1) is 12.3. The second kappa shape index (κ2) is 5.10. The maximum atomic E-state index is 6.11. The van der Waals surface area contributed by atoms with Crippen molar-refractivity contribution in [2.75, 3.05) is 0 Å². The molecular weight excluding hydrogens is 267 g/mol. The lowest BCUT2D eigenvalue weighted by atomic mass is 9.95. The maximum absolute atomic E-state index is 6.11. The molecule has 1 aromatic carbocycles. The second-order valence-electron chi connectivity index (χ2n) is 4.96. The van der Waals surface area contributed by atoms with Gasteiger partial charge in [-0.25, -0.2) is 4.98 Å². The van der Waals surface area contributed by atoms with Crippen molar-refractivity contribution >= 4 is 34.2 Å². The summed E-state index contributed by atoms with van der Waals surface area (Å²) in [5.41, 5.74) is 2.13. The number of rotatable bonds is 2. The van der Waals surface area contributed by atoms with E-state index in [4.69, 9.17) is 23.2 Å². The SMILES string of the molecule is ClCc1nc2ccc(Cl)cc2n1C1CCCCC1. The Morgan fingerprint density at radius 2 is 2.00 bits per heavy atom. The van der Waals surface area contributed by atoms with E-state index < -0.39 is 0 Å². The van der Waals surface area contributed by atoms with Crippen LogP contribution in [0.1, 0.15) is 44.0 Å². The van der Waals surface area contributed by atoms with Crippen molar-refractivity contribution in [1.29, 1.82) is 0 Å². The van der Waals surface area contributed by atoms with E-state index >= 15 is 0 Å². The van der Waals surface area contributed by atoms with Crippen LogP contribution < -0.4 is 0 Å². The number of hydrogen-bond donors (Lipinski definition) is 0. The summed E-state index contributed by atoms with van der Waals surface area (Å²) in [5.74, 6) is 1.43. The molecule has 0 N–H and O–H groups in total. The van der Waals surface area contributed by atoms with E-state index in [0.29, 0.717) is 11.9 Å². The number of halogens is 2. The first-order chi connectivity index (χ1) is 8.79. The van der Waals surface area contributed by atoms with Gasteiger partial charge in [-0.2, -0.15) is 0 Å². The van der Waals surface area contributed by atoms with Gasteiger partial charge in [0.1, 0.15) is 5.82 Å². The zero-order chi connectivity index (χ0) is 12.5. The highest BCUT2D eigenvalue weighted by atomic mass is 35.5. The molecule has 1 aromatic heterocycles. The molecule has 2 aromatic rings. The molecule has 0 atom stereocenters. The Balaban J connectivity index is 2.14. The van der Waals surface area contributed by atoms with Crippen molar-refractivity contribution < 1.29 is 0 Å². The highest BCUT2D eigenvalue weighted by Crippen LogP contribution is 2.33. The molecule has 0 amide bonds. The minimum absolute atomic E-state index is 0.461. The van der Waals surface area contributed by atoms with Gasteiger partial charge in [-0.1, -0.05) is 30.9 Å². The summed E-state index contributed by atoms with van der Waals surface area (Å²) in [4.78, 5) is 4.62. The van der Waals surface area contributed by atoms with Crippen molar-refractivity contribution in [2.24, 2.45) is 0 Å². The molecule has 1 aliphatic rings. The second-order valence-corrected chi connectivity index (χ2v) is 5.66. The summed E-state index contributed by atoms with van der Waals surface area (Å²) in [7, 11) is 0. The number of aromatic nitrogens is 2. The number of benzene rings is 1. The van der Waals surface area contributed by atoms with E-state index in [-0.39, 0.29) is 0 Å².